The first-order valence-electron chi connectivity index (χ1n) is 5.30. The minimum absolute atomic E-state index is 0.365. The molecule has 0 atom stereocenters. The minimum atomic E-state index is -0.587. The highest BCUT2D eigenvalue weighted by atomic mass is 16.9. The fraction of sp³-hybridized carbons (Fsp3) is 0.364. The van der Waals surface area contributed by atoms with Gasteiger partial charge in [-0.25, -0.2) is 14.5 Å². The molecule has 2 N–H and O–H groups in total. The Morgan fingerprint density at radius 2 is 1.71 bits per heavy atom. The van der Waals surface area contributed by atoms with Crippen molar-refractivity contribution >= 4 is 11.7 Å². The van der Waals surface area contributed by atoms with Crippen molar-refractivity contribution in [1.82, 2.24) is 0 Å². The largest absolute Gasteiger partial charge is 0.370 e. The zero-order valence-corrected chi connectivity index (χ0v) is 9.88. The van der Waals surface area contributed by atoms with Gasteiger partial charge in [0.05, 0.1) is 24.5 Å². The number of carbonyl (C=O) groups is 1. The van der Waals surface area contributed by atoms with Crippen molar-refractivity contribution in [3.05, 3.63) is 29.8 Å². The van der Waals surface area contributed by atoms with Gasteiger partial charge in [-0.05, 0) is 38.1 Å². The molecule has 0 bridgehead atoms. The summed E-state index contributed by atoms with van der Waals surface area (Å²) in [5.74, 6) is 4.20. The van der Waals surface area contributed by atoms with Crippen molar-refractivity contribution in [3.8, 4) is 0 Å². The highest BCUT2D eigenvalue weighted by molar-refractivity contribution is 5.89. The molecule has 1 rings (SSSR count). The van der Waals surface area contributed by atoms with Crippen LogP contribution in [-0.2, 0) is 14.5 Å². The monoisotopic (exact) mass is 240 g/mol. The molecular weight excluding hydrogens is 224 g/mol. The molecular formula is C11H16N2O4. The second-order valence-corrected chi connectivity index (χ2v) is 3.04. The van der Waals surface area contributed by atoms with Crippen molar-refractivity contribution in [3.63, 3.8) is 0 Å². The van der Waals surface area contributed by atoms with Gasteiger partial charge in [-0.2, -0.15) is 5.90 Å². The van der Waals surface area contributed by atoms with Crippen LogP contribution < -0.4 is 11.1 Å². The van der Waals surface area contributed by atoms with E-state index < -0.39 is 5.97 Å². The van der Waals surface area contributed by atoms with Gasteiger partial charge in [-0.15, -0.1) is 5.23 Å². The van der Waals surface area contributed by atoms with Crippen molar-refractivity contribution in [1.29, 1.82) is 0 Å². The Morgan fingerprint density at radius 3 is 2.12 bits per heavy atom. The summed E-state index contributed by atoms with van der Waals surface area (Å²) in [4.78, 5) is 25.8. The van der Waals surface area contributed by atoms with Gasteiger partial charge in [0.25, 0.3) is 0 Å². The summed E-state index contributed by atoms with van der Waals surface area (Å²) in [6, 6.07) is 6.51. The molecule has 0 radical (unpaired) electrons. The van der Waals surface area contributed by atoms with Gasteiger partial charge in [0.15, 0.2) is 0 Å². The molecule has 94 valence electrons. The Kier molecular flexibility index (Phi) is 5.41. The Morgan fingerprint density at radius 1 is 1.18 bits per heavy atom. The second-order valence-electron chi connectivity index (χ2n) is 3.04. The van der Waals surface area contributed by atoms with Crippen LogP contribution in [0.1, 0.15) is 24.2 Å². The van der Waals surface area contributed by atoms with Gasteiger partial charge in [-0.1, -0.05) is 0 Å². The molecule has 0 saturated carbocycles. The molecule has 0 fully saturated rings. The van der Waals surface area contributed by atoms with E-state index in [0.717, 1.165) is 0 Å². The van der Waals surface area contributed by atoms with E-state index >= 15 is 0 Å². The van der Waals surface area contributed by atoms with Crippen molar-refractivity contribution in [2.24, 2.45) is 5.90 Å². The first kappa shape index (κ1) is 13.4. The third-order valence-corrected chi connectivity index (χ3v) is 1.91. The summed E-state index contributed by atoms with van der Waals surface area (Å²) in [6.45, 7) is 4.66. The van der Waals surface area contributed by atoms with E-state index in [-0.39, 0.29) is 0 Å². The summed E-state index contributed by atoms with van der Waals surface area (Å²) in [6.07, 6.45) is 0. The topological polar surface area (TPSA) is 74.0 Å². The molecule has 1 aromatic rings. The lowest BCUT2D eigenvalue weighted by atomic mass is 10.2. The molecule has 6 heteroatoms. The minimum Gasteiger partial charge on any atom is -0.370 e. The van der Waals surface area contributed by atoms with Crippen LogP contribution >= 0.6 is 0 Å². The predicted octanol–water partition coefficient (Wildman–Crippen LogP) is 1.43. The van der Waals surface area contributed by atoms with E-state index in [1.807, 2.05) is 13.8 Å². The van der Waals surface area contributed by atoms with E-state index in [2.05, 4.69) is 4.84 Å². The van der Waals surface area contributed by atoms with Crippen molar-refractivity contribution in [2.45, 2.75) is 13.8 Å². The third-order valence-electron chi connectivity index (χ3n) is 1.91. The average Bonchev–Trinajstić information content (AvgIpc) is 2.38. The van der Waals surface area contributed by atoms with Gasteiger partial charge in [0.1, 0.15) is 0 Å². The predicted molar refractivity (Wildman–Crippen MR) is 61.8 cm³/mol. The van der Waals surface area contributed by atoms with Crippen LogP contribution in [0.2, 0.25) is 0 Å². The molecule has 1 aromatic carbocycles. The highest BCUT2D eigenvalue weighted by Crippen LogP contribution is 2.16. The maximum Gasteiger partial charge on any atom is 0.356 e. The molecule has 0 aromatic heterocycles. The maximum atomic E-state index is 11.1. The van der Waals surface area contributed by atoms with Crippen LogP contribution in [-0.4, -0.2) is 19.2 Å². The first-order chi connectivity index (χ1) is 8.22. The summed E-state index contributed by atoms with van der Waals surface area (Å²) in [5, 5.41) is 1.30. The van der Waals surface area contributed by atoms with E-state index in [4.69, 9.17) is 15.6 Å². The first-order valence-corrected chi connectivity index (χ1v) is 5.30. The SMILES string of the molecule is CCON(OCC)c1ccc(C(=O)ON)cc1. The molecule has 0 heterocycles. The normalized spacial score (nSPS) is 10.1. The molecule has 0 unspecified atom stereocenters. The third kappa shape index (κ3) is 3.70. The highest BCUT2D eigenvalue weighted by Gasteiger charge is 2.09. The fourth-order valence-corrected chi connectivity index (χ4v) is 1.21. The molecule has 0 spiro atoms. The smallest absolute Gasteiger partial charge is 0.356 e. The van der Waals surface area contributed by atoms with Crippen LogP contribution in [0.3, 0.4) is 0 Å². The fourth-order valence-electron chi connectivity index (χ4n) is 1.21. The number of carbonyl (C=O) groups excluding carboxylic acids is 1. The van der Waals surface area contributed by atoms with Crippen LogP contribution in [0.25, 0.3) is 0 Å². The zero-order valence-electron chi connectivity index (χ0n) is 9.88. The summed E-state index contributed by atoms with van der Waals surface area (Å²) < 4.78 is 0. The average molecular weight is 240 g/mol. The van der Waals surface area contributed by atoms with Crippen LogP contribution in [0, 0.1) is 0 Å². The van der Waals surface area contributed by atoms with E-state index in [1.165, 1.54) is 5.23 Å². The summed E-state index contributed by atoms with van der Waals surface area (Å²) >= 11 is 0. The maximum absolute atomic E-state index is 11.1. The number of nitrogens with two attached hydrogens (primary N) is 1. The summed E-state index contributed by atoms with van der Waals surface area (Å²) in [5.41, 5.74) is 1.05. The number of hydrogen-bond acceptors (Lipinski definition) is 6. The van der Waals surface area contributed by atoms with Crippen molar-refractivity contribution in [2.75, 3.05) is 18.4 Å². The van der Waals surface area contributed by atoms with E-state index in [1.54, 1.807) is 24.3 Å². The van der Waals surface area contributed by atoms with Gasteiger partial charge in [0, 0.05) is 0 Å². The lowest BCUT2D eigenvalue weighted by Gasteiger charge is -2.21. The van der Waals surface area contributed by atoms with Gasteiger partial charge < -0.3 is 4.84 Å². The van der Waals surface area contributed by atoms with Crippen LogP contribution in [0.5, 0.6) is 0 Å². The Hall–Kier alpha value is -1.63. The second kappa shape index (κ2) is 6.85. The van der Waals surface area contributed by atoms with Gasteiger partial charge in [0.2, 0.25) is 0 Å². The van der Waals surface area contributed by atoms with E-state index in [0.29, 0.717) is 24.5 Å². The zero-order chi connectivity index (χ0) is 12.7. The molecule has 0 aliphatic heterocycles. The van der Waals surface area contributed by atoms with Crippen LogP contribution in [0.15, 0.2) is 24.3 Å². The number of anilines is 1. The Balaban J connectivity index is 2.80. The van der Waals surface area contributed by atoms with Crippen molar-refractivity contribution < 1.29 is 19.3 Å². The summed E-state index contributed by atoms with van der Waals surface area (Å²) in [7, 11) is 0. The molecule has 0 amide bonds. The lowest BCUT2D eigenvalue weighted by Crippen LogP contribution is -2.24. The van der Waals surface area contributed by atoms with Crippen LogP contribution in [0.4, 0.5) is 5.69 Å². The number of rotatable bonds is 6. The standard InChI is InChI=1S/C11H16N2O4/c1-3-15-13(16-4-2)10-7-5-9(6-8-10)11(14)17-12/h5-8H,3-4,12H2,1-2H3. The molecule has 0 aliphatic rings. The Labute approximate surface area is 99.7 Å². The van der Waals surface area contributed by atoms with Gasteiger partial charge >= 0.3 is 5.97 Å². The van der Waals surface area contributed by atoms with E-state index in [9.17, 15) is 4.79 Å². The molecule has 0 aliphatic carbocycles. The molecule has 0 saturated heterocycles. The number of benzene rings is 1. The number of hydrogen-bond donors (Lipinski definition) is 1. The van der Waals surface area contributed by atoms with Gasteiger partial charge in [-0.3, -0.25) is 0 Å². The number of nitrogens with zero attached hydrogens (tertiary/aromatic N) is 1. The molecule has 6 nitrogen and oxygen atoms in total. The lowest BCUT2D eigenvalue weighted by molar-refractivity contribution is -0.0817. The quantitative estimate of drug-likeness (QED) is 0.758. The Bertz CT molecular complexity index is 347. The molecule has 17 heavy (non-hydrogen) atoms.